The molecule has 1 atom stereocenters. The van der Waals surface area contributed by atoms with Crippen LogP contribution in [0.15, 0.2) is 60.8 Å². The fourth-order valence-electron chi connectivity index (χ4n) is 7.61. The summed E-state index contributed by atoms with van der Waals surface area (Å²) in [5, 5.41) is 0. The van der Waals surface area contributed by atoms with Crippen LogP contribution in [0.25, 0.3) is 0 Å². The van der Waals surface area contributed by atoms with Crippen molar-refractivity contribution in [2.45, 2.75) is 277 Å². The molecule has 0 heterocycles. The van der Waals surface area contributed by atoms with Gasteiger partial charge in [-0.05, 0) is 83.5 Å². The third-order valence-corrected chi connectivity index (χ3v) is 11.7. The highest BCUT2D eigenvalue weighted by Crippen LogP contribution is 2.15. The van der Waals surface area contributed by atoms with E-state index in [2.05, 4.69) is 81.5 Å². The lowest BCUT2D eigenvalue weighted by Crippen LogP contribution is -2.30. The van der Waals surface area contributed by atoms with Gasteiger partial charge < -0.3 is 14.2 Å². The van der Waals surface area contributed by atoms with Crippen molar-refractivity contribution in [2.24, 2.45) is 0 Å². The quantitative estimate of drug-likeness (QED) is 0.0262. The SMILES string of the molecule is CCCCC/C=C\C/C=C\C/C=C\C/C=C\CCCC(=O)OCC(COC(=O)CCCCCCCCCCCCCCCC)OC(=O)CCCCCCCCC/C=C\CCCCCC. The molecule has 0 bridgehead atoms. The Hall–Kier alpha value is -2.89. The summed E-state index contributed by atoms with van der Waals surface area (Å²) >= 11 is 0. The van der Waals surface area contributed by atoms with Gasteiger partial charge in [-0.3, -0.25) is 14.4 Å². The monoisotopic (exact) mass is 895 g/mol. The summed E-state index contributed by atoms with van der Waals surface area (Å²) in [4.78, 5) is 38.0. The molecule has 0 aliphatic rings. The van der Waals surface area contributed by atoms with Crippen LogP contribution in [0, 0.1) is 0 Å². The molecule has 1 unspecified atom stereocenters. The highest BCUT2D eigenvalue weighted by molar-refractivity contribution is 5.71. The molecule has 6 heteroatoms. The number of ether oxygens (including phenoxy) is 3. The Bertz CT molecular complexity index is 1170. The third-order valence-electron chi connectivity index (χ3n) is 11.7. The van der Waals surface area contributed by atoms with Gasteiger partial charge in [-0.15, -0.1) is 0 Å². The van der Waals surface area contributed by atoms with E-state index in [-0.39, 0.29) is 37.5 Å². The molecule has 0 radical (unpaired) electrons. The predicted octanol–water partition coefficient (Wildman–Crippen LogP) is 18.0. The standard InChI is InChI=1S/C58H102O6/c1-4-7-10-13-16-19-22-25-28-29-31-33-36-39-42-45-48-51-57(60)63-54-55(53-62-56(59)50-47-44-41-38-35-32-27-24-21-18-15-12-9-6-3)64-58(61)52-49-46-43-40-37-34-30-26-23-20-17-14-11-8-5-2/h16,19-20,23,25,28,31,33,39,42,55H,4-15,17-18,21-22,24,26-27,29-30,32,34-38,40-41,43-54H2,1-3H3/b19-16-,23-20-,28-25-,33-31-,42-39-. The van der Waals surface area contributed by atoms with Crippen LogP contribution in [0.2, 0.25) is 0 Å². The molecule has 0 rings (SSSR count). The number of rotatable bonds is 49. The summed E-state index contributed by atoms with van der Waals surface area (Å²) in [6, 6.07) is 0. The Kier molecular flexibility index (Phi) is 50.4. The van der Waals surface area contributed by atoms with E-state index in [1.54, 1.807) is 0 Å². The lowest BCUT2D eigenvalue weighted by atomic mass is 10.0. The normalized spacial score (nSPS) is 12.5. The van der Waals surface area contributed by atoms with Crippen molar-refractivity contribution in [1.29, 1.82) is 0 Å². The van der Waals surface area contributed by atoms with Gasteiger partial charge in [0.25, 0.3) is 0 Å². The zero-order valence-corrected chi connectivity index (χ0v) is 42.3. The summed E-state index contributed by atoms with van der Waals surface area (Å²) in [6.45, 7) is 6.56. The van der Waals surface area contributed by atoms with Crippen LogP contribution >= 0.6 is 0 Å². The zero-order chi connectivity index (χ0) is 46.5. The van der Waals surface area contributed by atoms with E-state index >= 15 is 0 Å². The Morgan fingerprint density at radius 3 is 1.00 bits per heavy atom. The first-order chi connectivity index (χ1) is 31.5. The van der Waals surface area contributed by atoms with Gasteiger partial charge in [0.15, 0.2) is 6.10 Å². The van der Waals surface area contributed by atoms with Crippen molar-refractivity contribution in [1.82, 2.24) is 0 Å². The summed E-state index contributed by atoms with van der Waals surface area (Å²) < 4.78 is 16.8. The van der Waals surface area contributed by atoms with E-state index in [0.29, 0.717) is 19.3 Å². The molecule has 0 amide bonds. The first kappa shape index (κ1) is 61.1. The van der Waals surface area contributed by atoms with Crippen molar-refractivity contribution < 1.29 is 28.6 Å². The smallest absolute Gasteiger partial charge is 0.306 e. The molecule has 6 nitrogen and oxygen atoms in total. The second-order valence-electron chi connectivity index (χ2n) is 18.1. The summed E-state index contributed by atoms with van der Waals surface area (Å²) in [7, 11) is 0. The second kappa shape index (κ2) is 52.7. The maximum Gasteiger partial charge on any atom is 0.306 e. The van der Waals surface area contributed by atoms with Crippen LogP contribution in [-0.4, -0.2) is 37.2 Å². The lowest BCUT2D eigenvalue weighted by molar-refractivity contribution is -0.167. The molecule has 0 aliphatic carbocycles. The van der Waals surface area contributed by atoms with E-state index in [4.69, 9.17) is 14.2 Å². The van der Waals surface area contributed by atoms with E-state index < -0.39 is 6.10 Å². The van der Waals surface area contributed by atoms with Gasteiger partial charge in [-0.25, -0.2) is 0 Å². The molecule has 0 aromatic carbocycles. The van der Waals surface area contributed by atoms with Gasteiger partial charge >= 0.3 is 17.9 Å². The van der Waals surface area contributed by atoms with E-state index in [9.17, 15) is 14.4 Å². The van der Waals surface area contributed by atoms with Crippen LogP contribution < -0.4 is 0 Å². The van der Waals surface area contributed by atoms with Crippen molar-refractivity contribution >= 4 is 17.9 Å². The molecule has 0 spiro atoms. The molecule has 0 N–H and O–H groups in total. The lowest BCUT2D eigenvalue weighted by Gasteiger charge is -2.18. The van der Waals surface area contributed by atoms with Gasteiger partial charge in [0.05, 0.1) is 0 Å². The fourth-order valence-corrected chi connectivity index (χ4v) is 7.61. The van der Waals surface area contributed by atoms with Gasteiger partial charge in [0, 0.05) is 19.3 Å². The molecular weight excluding hydrogens is 793 g/mol. The van der Waals surface area contributed by atoms with Crippen LogP contribution in [0.1, 0.15) is 271 Å². The molecule has 0 aromatic heterocycles. The second-order valence-corrected chi connectivity index (χ2v) is 18.1. The van der Waals surface area contributed by atoms with E-state index in [1.165, 1.54) is 161 Å². The number of carbonyl (C=O) groups is 3. The molecule has 0 fully saturated rings. The Balaban J connectivity index is 4.45. The number of esters is 3. The average Bonchev–Trinajstić information content (AvgIpc) is 3.29. The highest BCUT2D eigenvalue weighted by Gasteiger charge is 2.19. The number of allylic oxidation sites excluding steroid dienone is 10. The Labute approximate surface area is 396 Å². The minimum Gasteiger partial charge on any atom is -0.462 e. The maximum atomic E-state index is 12.8. The first-order valence-electron chi connectivity index (χ1n) is 27.3. The van der Waals surface area contributed by atoms with Crippen LogP contribution in [0.4, 0.5) is 0 Å². The fraction of sp³-hybridized carbons (Fsp3) is 0.776. The van der Waals surface area contributed by atoms with Crippen molar-refractivity contribution in [3.8, 4) is 0 Å². The highest BCUT2D eigenvalue weighted by atomic mass is 16.6. The minimum atomic E-state index is -0.796. The van der Waals surface area contributed by atoms with Crippen molar-refractivity contribution in [2.75, 3.05) is 13.2 Å². The number of carbonyl (C=O) groups excluding carboxylic acids is 3. The predicted molar refractivity (Wildman–Crippen MR) is 275 cm³/mol. The summed E-state index contributed by atoms with van der Waals surface area (Å²) in [6.07, 6.45) is 64.9. The Morgan fingerprint density at radius 1 is 0.312 bits per heavy atom. The van der Waals surface area contributed by atoms with Gasteiger partial charge in [-0.2, -0.15) is 0 Å². The molecule has 0 aromatic rings. The van der Waals surface area contributed by atoms with E-state index in [1.807, 2.05) is 0 Å². The molecule has 370 valence electrons. The van der Waals surface area contributed by atoms with Crippen LogP contribution in [0.5, 0.6) is 0 Å². The first-order valence-corrected chi connectivity index (χ1v) is 27.3. The largest absolute Gasteiger partial charge is 0.462 e. The molecular formula is C58H102O6. The Morgan fingerprint density at radius 2 is 0.578 bits per heavy atom. The molecule has 0 saturated carbocycles. The number of hydrogen-bond acceptors (Lipinski definition) is 6. The average molecular weight is 895 g/mol. The van der Waals surface area contributed by atoms with Gasteiger partial charge in [0.1, 0.15) is 13.2 Å². The molecule has 0 saturated heterocycles. The topological polar surface area (TPSA) is 78.9 Å². The van der Waals surface area contributed by atoms with Crippen molar-refractivity contribution in [3.63, 3.8) is 0 Å². The minimum absolute atomic E-state index is 0.0906. The maximum absolute atomic E-state index is 12.8. The van der Waals surface area contributed by atoms with E-state index in [0.717, 1.165) is 64.2 Å². The molecule has 0 aliphatic heterocycles. The summed E-state index contributed by atoms with van der Waals surface area (Å²) in [5.74, 6) is -0.945. The number of unbranched alkanes of at least 4 members (excludes halogenated alkanes) is 28. The number of hydrogen-bond donors (Lipinski definition) is 0. The molecule has 64 heavy (non-hydrogen) atoms. The van der Waals surface area contributed by atoms with Gasteiger partial charge in [-0.1, -0.05) is 229 Å². The van der Waals surface area contributed by atoms with Gasteiger partial charge in [0.2, 0.25) is 0 Å². The van der Waals surface area contributed by atoms with Crippen molar-refractivity contribution in [3.05, 3.63) is 60.8 Å². The third kappa shape index (κ3) is 50.1. The van der Waals surface area contributed by atoms with Crippen LogP contribution in [-0.2, 0) is 28.6 Å². The summed E-state index contributed by atoms with van der Waals surface area (Å²) in [5.41, 5.74) is 0. The van der Waals surface area contributed by atoms with Crippen LogP contribution in [0.3, 0.4) is 0 Å². The zero-order valence-electron chi connectivity index (χ0n) is 42.3.